The van der Waals surface area contributed by atoms with Crippen LogP contribution in [0.5, 0.6) is 0 Å². The van der Waals surface area contributed by atoms with Crippen LogP contribution in [-0.4, -0.2) is 37.0 Å². The fourth-order valence-electron chi connectivity index (χ4n) is 2.75. The van der Waals surface area contributed by atoms with Gasteiger partial charge in [-0.15, -0.1) is 0 Å². The molecule has 0 saturated carbocycles. The summed E-state index contributed by atoms with van der Waals surface area (Å²) in [5.74, 6) is -2.44. The summed E-state index contributed by atoms with van der Waals surface area (Å²) in [6.45, 7) is 1.31. The van der Waals surface area contributed by atoms with Crippen LogP contribution >= 0.6 is 11.6 Å². The van der Waals surface area contributed by atoms with Gasteiger partial charge in [0.1, 0.15) is 17.5 Å². The Morgan fingerprint density at radius 3 is 2.29 bits per heavy atom. The quantitative estimate of drug-likeness (QED) is 0.820. The average Bonchev–Trinajstić information content (AvgIpc) is 2.55. The number of hydrogen-bond donors (Lipinski definition) is 0. The largest absolute Gasteiger partial charge is 0.366 e. The van der Waals surface area contributed by atoms with Crippen LogP contribution in [0.25, 0.3) is 0 Å². The summed E-state index contributed by atoms with van der Waals surface area (Å²) in [4.78, 5) is 15.7. The third-order valence-electron chi connectivity index (χ3n) is 3.99. The molecule has 0 radical (unpaired) electrons. The van der Waals surface area contributed by atoms with Gasteiger partial charge in [0.25, 0.3) is 5.91 Å². The minimum atomic E-state index is -0.667. The molecular weight excluding hydrogens is 341 g/mol. The normalized spacial score (nSPS) is 14.8. The van der Waals surface area contributed by atoms with Crippen LogP contribution in [0.15, 0.2) is 36.4 Å². The number of amides is 1. The second-order valence-corrected chi connectivity index (χ2v) is 5.88. The van der Waals surface area contributed by atoms with E-state index in [9.17, 15) is 18.0 Å². The number of halogens is 4. The monoisotopic (exact) mass is 354 g/mol. The number of rotatable bonds is 2. The third-order valence-corrected chi connectivity index (χ3v) is 4.31. The smallest absolute Gasteiger partial charge is 0.258 e. The van der Waals surface area contributed by atoms with Crippen molar-refractivity contribution in [1.82, 2.24) is 4.90 Å². The Hall–Kier alpha value is -2.21. The van der Waals surface area contributed by atoms with Crippen LogP contribution in [-0.2, 0) is 0 Å². The standard InChI is InChI=1S/C17H14ClF3N2O/c18-12-2-1-3-13(20)16(12)17(24)23-8-6-22(7-9-23)15-5-4-11(19)10-14(15)21/h1-5,10H,6-9H2. The predicted molar refractivity (Wildman–Crippen MR) is 85.9 cm³/mol. The zero-order valence-electron chi connectivity index (χ0n) is 12.6. The first kappa shape index (κ1) is 16.6. The highest BCUT2D eigenvalue weighted by atomic mass is 35.5. The van der Waals surface area contributed by atoms with E-state index in [0.29, 0.717) is 26.2 Å². The summed E-state index contributed by atoms with van der Waals surface area (Å²) in [6, 6.07) is 7.46. The molecule has 0 N–H and O–H groups in total. The van der Waals surface area contributed by atoms with E-state index in [4.69, 9.17) is 11.6 Å². The van der Waals surface area contributed by atoms with E-state index in [2.05, 4.69) is 0 Å². The topological polar surface area (TPSA) is 23.6 Å². The number of carbonyl (C=O) groups is 1. The van der Waals surface area contributed by atoms with Crippen molar-refractivity contribution < 1.29 is 18.0 Å². The number of anilines is 1. The molecule has 1 aliphatic rings. The van der Waals surface area contributed by atoms with Crippen molar-refractivity contribution in [1.29, 1.82) is 0 Å². The van der Waals surface area contributed by atoms with E-state index in [1.807, 2.05) is 0 Å². The maximum atomic E-state index is 13.9. The second kappa shape index (κ2) is 6.73. The molecule has 2 aromatic rings. The maximum Gasteiger partial charge on any atom is 0.258 e. The molecule has 0 unspecified atom stereocenters. The Bertz CT molecular complexity index is 756. The zero-order chi connectivity index (χ0) is 17.3. The van der Waals surface area contributed by atoms with Gasteiger partial charge in [-0.3, -0.25) is 4.79 Å². The van der Waals surface area contributed by atoms with E-state index in [1.54, 1.807) is 4.90 Å². The number of nitrogens with zero attached hydrogens (tertiary/aromatic N) is 2. The van der Waals surface area contributed by atoms with Gasteiger partial charge >= 0.3 is 0 Å². The summed E-state index contributed by atoms with van der Waals surface area (Å²) < 4.78 is 40.7. The highest BCUT2D eigenvalue weighted by molar-refractivity contribution is 6.33. The molecule has 3 rings (SSSR count). The average molecular weight is 355 g/mol. The van der Waals surface area contributed by atoms with Crippen molar-refractivity contribution in [2.24, 2.45) is 0 Å². The minimum Gasteiger partial charge on any atom is -0.366 e. The maximum absolute atomic E-state index is 13.9. The predicted octanol–water partition coefficient (Wildman–Crippen LogP) is 3.72. The van der Waals surface area contributed by atoms with Gasteiger partial charge in [0, 0.05) is 32.2 Å². The molecule has 1 aliphatic heterocycles. The summed E-state index contributed by atoms with van der Waals surface area (Å²) in [7, 11) is 0. The SMILES string of the molecule is O=C(c1c(F)cccc1Cl)N1CCN(c2ccc(F)cc2F)CC1. The highest BCUT2D eigenvalue weighted by Gasteiger charge is 2.26. The molecule has 1 amide bonds. The number of piperazine rings is 1. The van der Waals surface area contributed by atoms with Crippen LogP contribution in [0, 0.1) is 17.5 Å². The lowest BCUT2D eigenvalue weighted by atomic mass is 10.1. The molecule has 1 heterocycles. The summed E-state index contributed by atoms with van der Waals surface area (Å²) in [6.07, 6.45) is 0. The van der Waals surface area contributed by atoms with Crippen molar-refractivity contribution in [2.75, 3.05) is 31.1 Å². The summed E-state index contributed by atoms with van der Waals surface area (Å²) in [5, 5.41) is 0.0620. The fourth-order valence-corrected chi connectivity index (χ4v) is 2.99. The lowest BCUT2D eigenvalue weighted by Crippen LogP contribution is -2.49. The Balaban J connectivity index is 1.72. The lowest BCUT2D eigenvalue weighted by molar-refractivity contribution is 0.0742. The van der Waals surface area contributed by atoms with Crippen molar-refractivity contribution >= 4 is 23.2 Å². The van der Waals surface area contributed by atoms with Crippen molar-refractivity contribution in [2.45, 2.75) is 0 Å². The van der Waals surface area contributed by atoms with Gasteiger partial charge in [-0.1, -0.05) is 17.7 Å². The van der Waals surface area contributed by atoms with Crippen LogP contribution < -0.4 is 4.90 Å². The van der Waals surface area contributed by atoms with E-state index in [0.717, 1.165) is 6.07 Å². The second-order valence-electron chi connectivity index (χ2n) is 5.47. The van der Waals surface area contributed by atoms with Gasteiger partial charge in [0.15, 0.2) is 0 Å². The van der Waals surface area contributed by atoms with Gasteiger partial charge < -0.3 is 9.80 Å². The number of carbonyl (C=O) groups excluding carboxylic acids is 1. The summed E-state index contributed by atoms with van der Waals surface area (Å²) >= 11 is 5.92. The molecule has 126 valence electrons. The Morgan fingerprint density at radius 1 is 0.958 bits per heavy atom. The molecule has 24 heavy (non-hydrogen) atoms. The first-order valence-electron chi connectivity index (χ1n) is 7.40. The van der Waals surface area contributed by atoms with Gasteiger partial charge in [-0.2, -0.15) is 0 Å². The van der Waals surface area contributed by atoms with Crippen molar-refractivity contribution in [3.8, 4) is 0 Å². The van der Waals surface area contributed by atoms with Crippen LogP contribution in [0.4, 0.5) is 18.9 Å². The molecule has 1 saturated heterocycles. The molecule has 1 fully saturated rings. The molecule has 7 heteroatoms. The van der Waals surface area contributed by atoms with Crippen molar-refractivity contribution in [3.63, 3.8) is 0 Å². The molecule has 0 spiro atoms. The van der Waals surface area contributed by atoms with E-state index in [-0.39, 0.29) is 16.3 Å². The van der Waals surface area contributed by atoms with Gasteiger partial charge in [0.05, 0.1) is 16.3 Å². The van der Waals surface area contributed by atoms with Crippen LogP contribution in [0.1, 0.15) is 10.4 Å². The number of benzene rings is 2. The highest BCUT2D eigenvalue weighted by Crippen LogP contribution is 2.24. The van der Waals surface area contributed by atoms with Gasteiger partial charge in [-0.05, 0) is 24.3 Å². The lowest BCUT2D eigenvalue weighted by Gasteiger charge is -2.36. The Kier molecular flexibility index (Phi) is 4.66. The molecule has 0 atom stereocenters. The fraction of sp³-hybridized carbons (Fsp3) is 0.235. The van der Waals surface area contributed by atoms with Gasteiger partial charge in [-0.25, -0.2) is 13.2 Å². The molecular formula is C17H14ClF3N2O. The van der Waals surface area contributed by atoms with Gasteiger partial charge in [0.2, 0.25) is 0 Å². The first-order valence-corrected chi connectivity index (χ1v) is 7.78. The Labute approximate surface area is 142 Å². The van der Waals surface area contributed by atoms with Crippen molar-refractivity contribution in [3.05, 3.63) is 64.4 Å². The molecule has 0 bridgehead atoms. The number of hydrogen-bond acceptors (Lipinski definition) is 2. The van der Waals surface area contributed by atoms with Crippen LogP contribution in [0.3, 0.4) is 0 Å². The molecule has 2 aromatic carbocycles. The van der Waals surface area contributed by atoms with E-state index in [1.165, 1.54) is 35.2 Å². The van der Waals surface area contributed by atoms with Crippen LogP contribution in [0.2, 0.25) is 5.02 Å². The summed E-state index contributed by atoms with van der Waals surface area (Å²) in [5.41, 5.74) is 0.132. The Morgan fingerprint density at radius 2 is 1.67 bits per heavy atom. The minimum absolute atomic E-state index is 0.0620. The molecule has 3 nitrogen and oxygen atoms in total. The van der Waals surface area contributed by atoms with E-state index >= 15 is 0 Å². The zero-order valence-corrected chi connectivity index (χ0v) is 13.4. The third kappa shape index (κ3) is 3.19. The molecule has 0 aliphatic carbocycles. The van der Waals surface area contributed by atoms with E-state index < -0.39 is 23.4 Å². The first-order chi connectivity index (χ1) is 11.5. The molecule has 0 aromatic heterocycles.